The number of rotatable bonds is 3. The topological polar surface area (TPSA) is 96.5 Å². The lowest BCUT2D eigenvalue weighted by Crippen LogP contribution is -2.40. The molecule has 116 valence electrons. The second-order valence-electron chi connectivity index (χ2n) is 5.46. The van der Waals surface area contributed by atoms with E-state index in [1.165, 1.54) is 6.20 Å². The zero-order valence-corrected chi connectivity index (χ0v) is 12.3. The van der Waals surface area contributed by atoms with Crippen molar-refractivity contribution < 1.29 is 19.2 Å². The molecule has 1 fully saturated rings. The number of aromatic nitrogens is 2. The molecule has 0 aromatic carbocycles. The Balaban J connectivity index is 1.79. The van der Waals surface area contributed by atoms with Crippen molar-refractivity contribution in [1.29, 1.82) is 0 Å². The SMILES string of the molecule is CCc1noc2ncc(C(=O)N3CCC(C(=O)O)CC3)cc12. The third kappa shape index (κ3) is 2.54. The first-order valence-electron chi connectivity index (χ1n) is 7.36. The monoisotopic (exact) mass is 303 g/mol. The first-order chi connectivity index (χ1) is 10.6. The zero-order valence-electron chi connectivity index (χ0n) is 12.3. The van der Waals surface area contributed by atoms with Gasteiger partial charge in [0.2, 0.25) is 0 Å². The Hall–Kier alpha value is -2.44. The number of carboxylic acid groups (broad SMARTS) is 1. The first kappa shape index (κ1) is 14.5. The molecular weight excluding hydrogens is 286 g/mol. The minimum Gasteiger partial charge on any atom is -0.481 e. The normalized spacial score (nSPS) is 16.1. The van der Waals surface area contributed by atoms with Gasteiger partial charge in [-0.2, -0.15) is 0 Å². The van der Waals surface area contributed by atoms with Crippen molar-refractivity contribution >= 4 is 23.0 Å². The number of likely N-dealkylation sites (tertiary alicyclic amines) is 1. The van der Waals surface area contributed by atoms with E-state index in [0.29, 0.717) is 43.6 Å². The summed E-state index contributed by atoms with van der Waals surface area (Å²) in [5.41, 5.74) is 1.69. The molecule has 7 heteroatoms. The van der Waals surface area contributed by atoms with Crippen LogP contribution in [0, 0.1) is 5.92 Å². The summed E-state index contributed by atoms with van der Waals surface area (Å²) < 4.78 is 5.11. The number of carboxylic acids is 1. The van der Waals surface area contributed by atoms with Gasteiger partial charge in [-0.15, -0.1) is 0 Å². The Morgan fingerprint density at radius 3 is 2.77 bits per heavy atom. The molecule has 0 radical (unpaired) electrons. The average molecular weight is 303 g/mol. The molecule has 1 saturated heterocycles. The van der Waals surface area contributed by atoms with Crippen LogP contribution < -0.4 is 0 Å². The molecular formula is C15H17N3O4. The van der Waals surface area contributed by atoms with Crippen LogP contribution in [0.4, 0.5) is 0 Å². The predicted molar refractivity (Wildman–Crippen MR) is 77.4 cm³/mol. The molecule has 3 rings (SSSR count). The van der Waals surface area contributed by atoms with E-state index in [0.717, 1.165) is 11.1 Å². The van der Waals surface area contributed by atoms with Crippen LogP contribution in [0.15, 0.2) is 16.8 Å². The zero-order chi connectivity index (χ0) is 15.7. The van der Waals surface area contributed by atoms with Crippen LogP contribution in [-0.2, 0) is 11.2 Å². The van der Waals surface area contributed by atoms with E-state index in [1.807, 2.05) is 6.92 Å². The molecule has 0 aliphatic carbocycles. The van der Waals surface area contributed by atoms with Gasteiger partial charge in [0, 0.05) is 19.3 Å². The minimum atomic E-state index is -0.785. The maximum atomic E-state index is 12.5. The Labute approximate surface area is 126 Å². The number of carbonyl (C=O) groups is 2. The summed E-state index contributed by atoms with van der Waals surface area (Å²) in [7, 11) is 0. The van der Waals surface area contributed by atoms with Gasteiger partial charge in [0.25, 0.3) is 11.6 Å². The molecule has 0 bridgehead atoms. The number of hydrogen-bond donors (Lipinski definition) is 1. The van der Waals surface area contributed by atoms with Crippen LogP contribution >= 0.6 is 0 Å². The van der Waals surface area contributed by atoms with Crippen molar-refractivity contribution in [1.82, 2.24) is 15.0 Å². The summed E-state index contributed by atoms with van der Waals surface area (Å²) in [4.78, 5) is 29.3. The smallest absolute Gasteiger partial charge is 0.306 e. The molecule has 0 atom stereocenters. The van der Waals surface area contributed by atoms with Gasteiger partial charge in [-0.25, -0.2) is 4.98 Å². The first-order valence-corrected chi connectivity index (χ1v) is 7.36. The second kappa shape index (κ2) is 5.75. The molecule has 1 aliphatic rings. The summed E-state index contributed by atoms with van der Waals surface area (Å²) in [6.07, 6.45) is 3.17. The molecule has 1 amide bonds. The number of carbonyl (C=O) groups excluding carboxylic acids is 1. The molecule has 0 spiro atoms. The molecule has 1 aliphatic heterocycles. The highest BCUT2D eigenvalue weighted by atomic mass is 16.5. The van der Waals surface area contributed by atoms with Crippen LogP contribution in [0.25, 0.3) is 11.1 Å². The van der Waals surface area contributed by atoms with Gasteiger partial charge in [0.15, 0.2) is 0 Å². The van der Waals surface area contributed by atoms with Gasteiger partial charge in [-0.3, -0.25) is 9.59 Å². The lowest BCUT2D eigenvalue weighted by molar-refractivity contribution is -0.143. The summed E-state index contributed by atoms with van der Waals surface area (Å²) in [6.45, 7) is 2.87. The molecule has 2 aromatic rings. The van der Waals surface area contributed by atoms with E-state index < -0.39 is 5.97 Å². The summed E-state index contributed by atoms with van der Waals surface area (Å²) in [5, 5.41) is 13.7. The molecule has 22 heavy (non-hydrogen) atoms. The lowest BCUT2D eigenvalue weighted by Gasteiger charge is -2.30. The van der Waals surface area contributed by atoms with E-state index >= 15 is 0 Å². The number of amides is 1. The molecule has 0 unspecified atom stereocenters. The fraction of sp³-hybridized carbons (Fsp3) is 0.467. The van der Waals surface area contributed by atoms with Crippen molar-refractivity contribution in [3.05, 3.63) is 23.5 Å². The van der Waals surface area contributed by atoms with E-state index in [2.05, 4.69) is 10.1 Å². The highest BCUT2D eigenvalue weighted by Gasteiger charge is 2.28. The number of aryl methyl sites for hydroxylation is 1. The minimum absolute atomic E-state index is 0.124. The van der Waals surface area contributed by atoms with Crippen LogP contribution in [0.3, 0.4) is 0 Å². The molecule has 2 aromatic heterocycles. The molecule has 1 N–H and O–H groups in total. The van der Waals surface area contributed by atoms with Gasteiger partial charge < -0.3 is 14.5 Å². The second-order valence-corrected chi connectivity index (χ2v) is 5.46. The quantitative estimate of drug-likeness (QED) is 0.927. The fourth-order valence-corrected chi connectivity index (χ4v) is 2.76. The van der Waals surface area contributed by atoms with Crippen molar-refractivity contribution in [3.8, 4) is 0 Å². The standard InChI is InChI=1S/C15H17N3O4/c1-2-12-11-7-10(8-16-13(11)22-17-12)14(19)18-5-3-9(4-6-18)15(20)21/h7-9H,2-6H2,1H3,(H,20,21). The molecule has 3 heterocycles. The van der Waals surface area contributed by atoms with E-state index in [-0.39, 0.29) is 11.8 Å². The fourth-order valence-electron chi connectivity index (χ4n) is 2.76. The number of hydrogen-bond acceptors (Lipinski definition) is 5. The number of nitrogens with zero attached hydrogens (tertiary/aromatic N) is 3. The van der Waals surface area contributed by atoms with E-state index in [4.69, 9.17) is 9.63 Å². The summed E-state index contributed by atoms with van der Waals surface area (Å²) in [5.74, 6) is -1.26. The largest absolute Gasteiger partial charge is 0.481 e. The average Bonchev–Trinajstić information content (AvgIpc) is 2.96. The highest BCUT2D eigenvalue weighted by molar-refractivity contribution is 5.97. The number of aliphatic carboxylic acids is 1. The van der Waals surface area contributed by atoms with E-state index in [1.54, 1.807) is 11.0 Å². The molecule has 7 nitrogen and oxygen atoms in total. The van der Waals surface area contributed by atoms with Crippen molar-refractivity contribution in [2.45, 2.75) is 26.2 Å². The van der Waals surface area contributed by atoms with Gasteiger partial charge in [0.05, 0.1) is 22.6 Å². The number of piperidine rings is 1. The van der Waals surface area contributed by atoms with Gasteiger partial charge in [0.1, 0.15) is 0 Å². The van der Waals surface area contributed by atoms with Crippen LogP contribution in [0.2, 0.25) is 0 Å². The van der Waals surface area contributed by atoms with Crippen LogP contribution in [-0.4, -0.2) is 45.1 Å². The van der Waals surface area contributed by atoms with Gasteiger partial charge in [-0.1, -0.05) is 12.1 Å². The lowest BCUT2D eigenvalue weighted by atomic mass is 9.96. The Bertz CT molecular complexity index is 717. The summed E-state index contributed by atoms with van der Waals surface area (Å²) >= 11 is 0. The summed E-state index contributed by atoms with van der Waals surface area (Å²) in [6, 6.07) is 1.75. The van der Waals surface area contributed by atoms with E-state index in [9.17, 15) is 9.59 Å². The Morgan fingerprint density at radius 2 is 2.14 bits per heavy atom. The highest BCUT2D eigenvalue weighted by Crippen LogP contribution is 2.22. The van der Waals surface area contributed by atoms with Crippen LogP contribution in [0.1, 0.15) is 35.8 Å². The Morgan fingerprint density at radius 1 is 1.41 bits per heavy atom. The maximum Gasteiger partial charge on any atom is 0.306 e. The van der Waals surface area contributed by atoms with Crippen molar-refractivity contribution in [2.24, 2.45) is 5.92 Å². The van der Waals surface area contributed by atoms with Crippen molar-refractivity contribution in [2.75, 3.05) is 13.1 Å². The predicted octanol–water partition coefficient (Wildman–Crippen LogP) is 1.72. The van der Waals surface area contributed by atoms with Crippen molar-refractivity contribution in [3.63, 3.8) is 0 Å². The Kier molecular flexibility index (Phi) is 3.79. The third-order valence-electron chi connectivity index (χ3n) is 4.12. The number of fused-ring (bicyclic) bond motifs is 1. The van der Waals surface area contributed by atoms with Gasteiger partial charge >= 0.3 is 5.97 Å². The number of pyridine rings is 1. The molecule has 0 saturated carbocycles. The third-order valence-corrected chi connectivity index (χ3v) is 4.12. The maximum absolute atomic E-state index is 12.5. The van der Waals surface area contributed by atoms with Crippen LogP contribution in [0.5, 0.6) is 0 Å². The van der Waals surface area contributed by atoms with Gasteiger partial charge in [-0.05, 0) is 25.3 Å².